The summed E-state index contributed by atoms with van der Waals surface area (Å²) in [7, 11) is 0. The van der Waals surface area contributed by atoms with Crippen LogP contribution in [0.15, 0.2) is 59.8 Å². The Morgan fingerprint density at radius 2 is 1.70 bits per heavy atom. The van der Waals surface area contributed by atoms with Gasteiger partial charge in [0, 0.05) is 43.3 Å². The van der Waals surface area contributed by atoms with Crippen LogP contribution in [0.1, 0.15) is 11.1 Å². The molecule has 1 aliphatic heterocycles. The van der Waals surface area contributed by atoms with Crippen LogP contribution in [0.5, 0.6) is 0 Å². The van der Waals surface area contributed by atoms with E-state index in [0.29, 0.717) is 21.4 Å². The zero-order chi connectivity index (χ0) is 20.9. The molecule has 2 aromatic carbocycles. The monoisotopic (exact) mass is 435 g/mol. The van der Waals surface area contributed by atoms with Crippen LogP contribution in [0.3, 0.4) is 0 Å². The van der Waals surface area contributed by atoms with Gasteiger partial charge in [0.25, 0.3) is 0 Å². The van der Waals surface area contributed by atoms with E-state index in [1.165, 1.54) is 17.3 Å². The quantitative estimate of drug-likeness (QED) is 0.427. The maximum Gasteiger partial charge on any atom is 0.189 e. The van der Waals surface area contributed by atoms with Crippen molar-refractivity contribution in [2.75, 3.05) is 37.3 Å². The van der Waals surface area contributed by atoms with Crippen LogP contribution in [-0.4, -0.2) is 47.3 Å². The molecule has 0 saturated carbocycles. The van der Waals surface area contributed by atoms with E-state index in [4.69, 9.17) is 16.6 Å². The van der Waals surface area contributed by atoms with Crippen LogP contribution >= 0.6 is 23.4 Å². The van der Waals surface area contributed by atoms with Gasteiger partial charge in [0.1, 0.15) is 11.6 Å². The fraction of sp³-hybridized carbons (Fsp3) is 0.261. The van der Waals surface area contributed by atoms with Crippen molar-refractivity contribution in [2.24, 2.45) is 0 Å². The molecule has 0 amide bonds. The Balaban J connectivity index is 1.59. The SMILES string of the molecule is CSc1nc(-c2ccc(Cl)cc2)c(C#N)c(N2CCN(Cc3ccccc3)CC2)n1. The molecule has 2 heterocycles. The van der Waals surface area contributed by atoms with Gasteiger partial charge in [-0.3, -0.25) is 4.90 Å². The van der Waals surface area contributed by atoms with Crippen molar-refractivity contribution < 1.29 is 0 Å². The summed E-state index contributed by atoms with van der Waals surface area (Å²) in [5, 5.41) is 11.3. The number of benzene rings is 2. The van der Waals surface area contributed by atoms with Crippen molar-refractivity contribution in [3.63, 3.8) is 0 Å². The normalized spacial score (nSPS) is 14.5. The minimum atomic E-state index is 0.520. The Morgan fingerprint density at radius 1 is 1.00 bits per heavy atom. The van der Waals surface area contributed by atoms with Crippen molar-refractivity contribution in [1.29, 1.82) is 5.26 Å². The van der Waals surface area contributed by atoms with E-state index in [1.807, 2.05) is 36.6 Å². The van der Waals surface area contributed by atoms with Gasteiger partial charge in [-0.25, -0.2) is 9.97 Å². The second kappa shape index (κ2) is 9.48. The molecule has 0 spiro atoms. The van der Waals surface area contributed by atoms with Gasteiger partial charge in [0.2, 0.25) is 0 Å². The van der Waals surface area contributed by atoms with Crippen molar-refractivity contribution in [1.82, 2.24) is 14.9 Å². The molecular formula is C23H22ClN5S. The number of hydrogen-bond acceptors (Lipinski definition) is 6. The summed E-state index contributed by atoms with van der Waals surface area (Å²) in [6, 6.07) is 20.3. The Morgan fingerprint density at radius 3 is 2.33 bits per heavy atom. The predicted octanol–water partition coefficient (Wildman–Crippen LogP) is 4.71. The molecule has 0 atom stereocenters. The highest BCUT2D eigenvalue weighted by atomic mass is 35.5. The van der Waals surface area contributed by atoms with E-state index in [2.05, 4.69) is 45.1 Å². The molecule has 5 nitrogen and oxygen atoms in total. The fourth-order valence-electron chi connectivity index (χ4n) is 3.63. The molecule has 0 bridgehead atoms. The van der Waals surface area contributed by atoms with Crippen molar-refractivity contribution in [3.05, 3.63) is 70.7 Å². The van der Waals surface area contributed by atoms with Gasteiger partial charge in [-0.05, 0) is 24.0 Å². The Labute approximate surface area is 186 Å². The molecule has 1 fully saturated rings. The van der Waals surface area contributed by atoms with Gasteiger partial charge in [0.05, 0.1) is 5.69 Å². The summed E-state index contributed by atoms with van der Waals surface area (Å²) < 4.78 is 0. The van der Waals surface area contributed by atoms with Crippen LogP contribution in [0.4, 0.5) is 5.82 Å². The average molecular weight is 436 g/mol. The van der Waals surface area contributed by atoms with Crippen molar-refractivity contribution >= 4 is 29.2 Å². The zero-order valence-corrected chi connectivity index (χ0v) is 18.3. The lowest BCUT2D eigenvalue weighted by Gasteiger charge is -2.36. The number of nitriles is 1. The Bertz CT molecular complexity index is 1040. The van der Waals surface area contributed by atoms with Crippen LogP contribution in [-0.2, 0) is 6.54 Å². The third-order valence-electron chi connectivity index (χ3n) is 5.20. The highest BCUT2D eigenvalue weighted by Gasteiger charge is 2.24. The number of hydrogen-bond donors (Lipinski definition) is 0. The molecule has 30 heavy (non-hydrogen) atoms. The number of piperazine rings is 1. The minimum absolute atomic E-state index is 0.520. The minimum Gasteiger partial charge on any atom is -0.353 e. The van der Waals surface area contributed by atoms with E-state index in [-0.39, 0.29) is 0 Å². The van der Waals surface area contributed by atoms with Crippen LogP contribution in [0.25, 0.3) is 11.3 Å². The van der Waals surface area contributed by atoms with E-state index >= 15 is 0 Å². The van der Waals surface area contributed by atoms with Crippen molar-refractivity contribution in [2.45, 2.75) is 11.7 Å². The molecule has 0 unspecified atom stereocenters. The second-order valence-electron chi connectivity index (χ2n) is 7.13. The van der Waals surface area contributed by atoms with Gasteiger partial charge in [-0.1, -0.05) is 65.8 Å². The average Bonchev–Trinajstić information content (AvgIpc) is 2.80. The van der Waals surface area contributed by atoms with E-state index in [0.717, 1.165) is 44.1 Å². The van der Waals surface area contributed by atoms with E-state index in [1.54, 1.807) is 0 Å². The zero-order valence-electron chi connectivity index (χ0n) is 16.8. The maximum atomic E-state index is 9.96. The Kier molecular flexibility index (Phi) is 6.53. The molecule has 1 saturated heterocycles. The smallest absolute Gasteiger partial charge is 0.189 e. The fourth-order valence-corrected chi connectivity index (χ4v) is 4.11. The first kappa shape index (κ1) is 20.7. The first-order valence-corrected chi connectivity index (χ1v) is 11.4. The van der Waals surface area contributed by atoms with Gasteiger partial charge < -0.3 is 4.90 Å². The highest BCUT2D eigenvalue weighted by molar-refractivity contribution is 7.98. The standard InChI is InChI=1S/C23H22ClN5S/c1-30-23-26-21(18-7-9-19(24)10-8-18)20(15-25)22(27-23)29-13-11-28(12-14-29)16-17-5-3-2-4-6-17/h2-10H,11-14,16H2,1H3. The van der Waals surface area contributed by atoms with Crippen molar-refractivity contribution in [3.8, 4) is 17.3 Å². The predicted molar refractivity (Wildman–Crippen MR) is 123 cm³/mol. The second-order valence-corrected chi connectivity index (χ2v) is 8.33. The molecule has 4 rings (SSSR count). The number of rotatable bonds is 5. The summed E-state index contributed by atoms with van der Waals surface area (Å²) >= 11 is 7.53. The molecule has 1 aliphatic rings. The number of halogens is 1. The number of aromatic nitrogens is 2. The molecule has 0 aliphatic carbocycles. The third-order valence-corrected chi connectivity index (χ3v) is 6.00. The molecule has 3 aromatic rings. The topological polar surface area (TPSA) is 56.1 Å². The molecule has 152 valence electrons. The van der Waals surface area contributed by atoms with E-state index < -0.39 is 0 Å². The molecule has 0 N–H and O–H groups in total. The summed E-state index contributed by atoms with van der Waals surface area (Å²) in [6.07, 6.45) is 1.95. The lowest BCUT2D eigenvalue weighted by Crippen LogP contribution is -2.46. The third kappa shape index (κ3) is 4.59. The lowest BCUT2D eigenvalue weighted by molar-refractivity contribution is 0.249. The number of thioether (sulfide) groups is 1. The van der Waals surface area contributed by atoms with Gasteiger partial charge in [-0.2, -0.15) is 5.26 Å². The number of anilines is 1. The lowest BCUT2D eigenvalue weighted by atomic mass is 10.1. The molecule has 7 heteroatoms. The van der Waals surface area contributed by atoms with Crippen LogP contribution in [0, 0.1) is 11.3 Å². The van der Waals surface area contributed by atoms with Gasteiger partial charge in [-0.15, -0.1) is 0 Å². The van der Waals surface area contributed by atoms with Crippen LogP contribution < -0.4 is 4.90 Å². The summed E-state index contributed by atoms with van der Waals surface area (Å²) in [6.45, 7) is 4.44. The first-order chi connectivity index (χ1) is 14.7. The molecular weight excluding hydrogens is 414 g/mol. The number of nitrogens with zero attached hydrogens (tertiary/aromatic N) is 5. The largest absolute Gasteiger partial charge is 0.353 e. The van der Waals surface area contributed by atoms with Gasteiger partial charge >= 0.3 is 0 Å². The Hall–Kier alpha value is -2.59. The van der Waals surface area contributed by atoms with Gasteiger partial charge in [0.15, 0.2) is 11.0 Å². The van der Waals surface area contributed by atoms with Crippen LogP contribution in [0.2, 0.25) is 5.02 Å². The summed E-state index contributed by atoms with van der Waals surface area (Å²) in [5.41, 5.74) is 3.37. The molecule has 0 radical (unpaired) electrons. The summed E-state index contributed by atoms with van der Waals surface area (Å²) in [5.74, 6) is 0.723. The highest BCUT2D eigenvalue weighted by Crippen LogP contribution is 2.31. The molecule has 1 aromatic heterocycles. The summed E-state index contributed by atoms with van der Waals surface area (Å²) in [4.78, 5) is 14.0. The van der Waals surface area contributed by atoms with E-state index in [9.17, 15) is 5.26 Å². The maximum absolute atomic E-state index is 9.96. The first-order valence-electron chi connectivity index (χ1n) is 9.81.